The Balaban J connectivity index is 1.42. The summed E-state index contributed by atoms with van der Waals surface area (Å²) >= 11 is 0. The molecular weight excluding hydrogens is 500 g/mol. The van der Waals surface area contributed by atoms with Crippen LogP contribution in [0.15, 0.2) is 53.4 Å². The van der Waals surface area contributed by atoms with E-state index in [0.717, 1.165) is 24.0 Å². The third-order valence-electron chi connectivity index (χ3n) is 5.05. The Labute approximate surface area is 220 Å². The van der Waals surface area contributed by atoms with E-state index in [-0.39, 0.29) is 24.1 Å². The monoisotopic (exact) mass is 538 g/mol. The van der Waals surface area contributed by atoms with Crippen molar-refractivity contribution in [2.45, 2.75) is 38.2 Å². The van der Waals surface area contributed by atoms with E-state index in [1.165, 1.54) is 12.1 Å². The third-order valence-corrected chi connectivity index (χ3v) is 6.38. The van der Waals surface area contributed by atoms with Gasteiger partial charge in [0.15, 0.2) is 0 Å². The molecule has 2 rings (SSSR count). The lowest BCUT2D eigenvalue weighted by molar-refractivity contribution is -0.00643. The number of aryl methyl sites for hydroxylation is 1. The summed E-state index contributed by atoms with van der Waals surface area (Å²) in [5, 5.41) is 0. The fraction of sp³-hybridized carbons (Fsp3) is 0.519. The van der Waals surface area contributed by atoms with Crippen LogP contribution in [0, 0.1) is 6.92 Å². The molecule has 0 aliphatic rings. The molecule has 0 fully saturated rings. The van der Waals surface area contributed by atoms with Crippen molar-refractivity contribution in [3.05, 3.63) is 65.2 Å². The van der Waals surface area contributed by atoms with Crippen molar-refractivity contribution in [2.24, 2.45) is 0 Å². The van der Waals surface area contributed by atoms with Gasteiger partial charge in [0.2, 0.25) is 0 Å². The van der Waals surface area contributed by atoms with Crippen molar-refractivity contribution in [2.75, 3.05) is 59.5 Å². The molecular formula is C27H38O9S. The second kappa shape index (κ2) is 18.0. The van der Waals surface area contributed by atoms with Crippen LogP contribution < -0.4 is 0 Å². The van der Waals surface area contributed by atoms with Gasteiger partial charge in [-0.25, -0.2) is 4.79 Å². The van der Waals surface area contributed by atoms with Crippen LogP contribution >= 0.6 is 0 Å². The highest BCUT2D eigenvalue weighted by atomic mass is 32.2. The van der Waals surface area contributed by atoms with Crippen molar-refractivity contribution in [3.63, 3.8) is 0 Å². The number of benzene rings is 2. The lowest BCUT2D eigenvalue weighted by Crippen LogP contribution is -2.15. The number of esters is 1. The molecule has 0 radical (unpaired) electrons. The first-order valence-corrected chi connectivity index (χ1v) is 13.9. The zero-order chi connectivity index (χ0) is 26.8. The zero-order valence-corrected chi connectivity index (χ0v) is 22.5. The van der Waals surface area contributed by atoms with Gasteiger partial charge in [0.05, 0.1) is 76.5 Å². The molecule has 0 saturated heterocycles. The zero-order valence-electron chi connectivity index (χ0n) is 21.7. The maximum Gasteiger partial charge on any atom is 0.338 e. The maximum atomic E-state index is 12.1. The Morgan fingerprint density at radius 2 is 1.35 bits per heavy atom. The molecule has 2 aromatic rings. The van der Waals surface area contributed by atoms with Gasteiger partial charge in [-0.05, 0) is 43.2 Å². The largest absolute Gasteiger partial charge is 0.462 e. The van der Waals surface area contributed by atoms with Crippen molar-refractivity contribution in [1.29, 1.82) is 0 Å². The standard InChI is InChI=1S/C27H38O9S/c1-3-4-12-35-27(28)25-7-5-6-24(21-25)22-34-18-17-32-14-13-31-15-16-33-19-20-36-37(29,30)26-10-8-23(2)9-11-26/h5-11,21H,3-4,12-20,22H2,1-2H3. The average Bonchev–Trinajstić information content (AvgIpc) is 2.89. The van der Waals surface area contributed by atoms with Crippen molar-refractivity contribution < 1.29 is 41.1 Å². The van der Waals surface area contributed by atoms with Gasteiger partial charge in [0.25, 0.3) is 10.1 Å². The van der Waals surface area contributed by atoms with Gasteiger partial charge in [-0.3, -0.25) is 4.18 Å². The highest BCUT2D eigenvalue weighted by Crippen LogP contribution is 2.13. The van der Waals surface area contributed by atoms with Gasteiger partial charge < -0.3 is 23.7 Å². The summed E-state index contributed by atoms with van der Waals surface area (Å²) in [6.45, 7) is 7.17. The predicted molar refractivity (Wildman–Crippen MR) is 138 cm³/mol. The number of unbranched alkanes of at least 4 members (excludes halogenated alkanes) is 1. The number of hydrogen-bond acceptors (Lipinski definition) is 9. The van der Waals surface area contributed by atoms with E-state index in [2.05, 4.69) is 0 Å². The van der Waals surface area contributed by atoms with Crippen molar-refractivity contribution >= 4 is 16.1 Å². The molecule has 0 atom stereocenters. The molecule has 10 heteroatoms. The second-order valence-corrected chi connectivity index (χ2v) is 9.78. The van der Waals surface area contributed by atoms with Crippen LogP contribution in [0.25, 0.3) is 0 Å². The number of rotatable bonds is 20. The SMILES string of the molecule is CCCCOC(=O)c1cccc(COCCOCCOCCOCCOS(=O)(=O)c2ccc(C)cc2)c1. The van der Waals surface area contributed by atoms with E-state index >= 15 is 0 Å². The number of hydrogen-bond donors (Lipinski definition) is 0. The number of carbonyl (C=O) groups excluding carboxylic acids is 1. The first-order valence-electron chi connectivity index (χ1n) is 12.5. The second-order valence-electron chi connectivity index (χ2n) is 8.17. The van der Waals surface area contributed by atoms with Gasteiger partial charge in [-0.1, -0.05) is 43.2 Å². The predicted octanol–water partition coefficient (Wildman–Crippen LogP) is 3.92. The number of ether oxygens (including phenoxy) is 5. The molecule has 0 heterocycles. The highest BCUT2D eigenvalue weighted by molar-refractivity contribution is 7.86. The normalized spacial score (nSPS) is 11.5. The Bertz CT molecular complexity index is 1010. The molecule has 206 valence electrons. The van der Waals surface area contributed by atoms with E-state index in [9.17, 15) is 13.2 Å². The molecule has 0 aliphatic carbocycles. The minimum Gasteiger partial charge on any atom is -0.462 e. The van der Waals surface area contributed by atoms with E-state index in [4.69, 9.17) is 27.9 Å². The first kappa shape index (κ1) is 30.9. The lowest BCUT2D eigenvalue weighted by Gasteiger charge is -2.09. The van der Waals surface area contributed by atoms with Gasteiger partial charge in [-0.15, -0.1) is 0 Å². The topological polar surface area (TPSA) is 107 Å². The van der Waals surface area contributed by atoms with Gasteiger partial charge in [-0.2, -0.15) is 8.42 Å². The van der Waals surface area contributed by atoms with E-state index in [0.29, 0.717) is 58.4 Å². The van der Waals surface area contributed by atoms with Gasteiger partial charge >= 0.3 is 5.97 Å². The molecule has 37 heavy (non-hydrogen) atoms. The van der Waals surface area contributed by atoms with Crippen LogP contribution in [-0.2, 0) is 44.6 Å². The summed E-state index contributed by atoms with van der Waals surface area (Å²) in [4.78, 5) is 12.1. The minimum atomic E-state index is -3.77. The lowest BCUT2D eigenvalue weighted by atomic mass is 10.1. The highest BCUT2D eigenvalue weighted by Gasteiger charge is 2.14. The molecule has 2 aromatic carbocycles. The average molecular weight is 539 g/mol. The summed E-state index contributed by atoms with van der Waals surface area (Å²) in [5.74, 6) is -0.316. The molecule has 0 unspecified atom stereocenters. The Hall–Kier alpha value is -2.34. The molecule has 0 bridgehead atoms. The van der Waals surface area contributed by atoms with Gasteiger partial charge in [0.1, 0.15) is 0 Å². The molecule has 9 nitrogen and oxygen atoms in total. The molecule has 0 aromatic heterocycles. The third kappa shape index (κ3) is 13.1. The molecule has 0 spiro atoms. The van der Waals surface area contributed by atoms with Crippen LogP contribution in [0.5, 0.6) is 0 Å². The molecule has 0 saturated carbocycles. The first-order chi connectivity index (χ1) is 17.9. The Morgan fingerprint density at radius 3 is 1.97 bits per heavy atom. The fourth-order valence-electron chi connectivity index (χ4n) is 3.01. The smallest absolute Gasteiger partial charge is 0.338 e. The Morgan fingerprint density at radius 1 is 0.757 bits per heavy atom. The fourth-order valence-corrected chi connectivity index (χ4v) is 3.90. The van der Waals surface area contributed by atoms with Crippen LogP contribution in [0.2, 0.25) is 0 Å². The number of carbonyl (C=O) groups is 1. The summed E-state index contributed by atoms with van der Waals surface area (Å²) in [6.07, 6.45) is 1.83. The molecule has 0 aliphatic heterocycles. The minimum absolute atomic E-state index is 0.0628. The van der Waals surface area contributed by atoms with E-state index in [1.807, 2.05) is 26.0 Å². The van der Waals surface area contributed by atoms with Crippen molar-refractivity contribution in [3.8, 4) is 0 Å². The maximum absolute atomic E-state index is 12.1. The summed E-state index contributed by atoms with van der Waals surface area (Å²) in [5.41, 5.74) is 2.39. The Kier molecular flexibility index (Phi) is 15.0. The summed E-state index contributed by atoms with van der Waals surface area (Å²) in [7, 11) is -3.77. The summed E-state index contributed by atoms with van der Waals surface area (Å²) < 4.78 is 56.1. The molecule has 0 N–H and O–H groups in total. The van der Waals surface area contributed by atoms with Crippen molar-refractivity contribution in [1.82, 2.24) is 0 Å². The van der Waals surface area contributed by atoms with Gasteiger partial charge in [0, 0.05) is 0 Å². The van der Waals surface area contributed by atoms with Crippen LogP contribution in [0.4, 0.5) is 0 Å². The quantitative estimate of drug-likeness (QED) is 0.141. The summed E-state index contributed by atoms with van der Waals surface area (Å²) in [6, 6.07) is 13.7. The van der Waals surface area contributed by atoms with Crippen LogP contribution in [0.3, 0.4) is 0 Å². The van der Waals surface area contributed by atoms with E-state index in [1.54, 1.807) is 24.3 Å². The van der Waals surface area contributed by atoms with E-state index < -0.39 is 10.1 Å². The van der Waals surface area contributed by atoms with Crippen LogP contribution in [0.1, 0.15) is 41.3 Å². The molecule has 0 amide bonds. The van der Waals surface area contributed by atoms with Crippen LogP contribution in [-0.4, -0.2) is 73.8 Å².